The van der Waals surface area contributed by atoms with E-state index in [2.05, 4.69) is 21.6 Å². The van der Waals surface area contributed by atoms with Crippen molar-refractivity contribution < 1.29 is 0 Å². The molecule has 0 aliphatic carbocycles. The lowest BCUT2D eigenvalue weighted by Gasteiger charge is -2.50. The predicted octanol–water partition coefficient (Wildman–Crippen LogP) is 0.991. The van der Waals surface area contributed by atoms with Crippen molar-refractivity contribution in [3.05, 3.63) is 0 Å². The van der Waals surface area contributed by atoms with Crippen molar-refractivity contribution in [2.24, 2.45) is 5.73 Å². The van der Waals surface area contributed by atoms with Gasteiger partial charge in [-0.3, -0.25) is 9.80 Å². The van der Waals surface area contributed by atoms with Crippen molar-refractivity contribution in [2.45, 2.75) is 37.3 Å². The molecule has 2 atom stereocenters. The number of piperazine rings is 1. The van der Waals surface area contributed by atoms with Crippen molar-refractivity contribution in [3.63, 3.8) is 0 Å². The fraction of sp³-hybridized carbons (Fsp3) is 1.00. The van der Waals surface area contributed by atoms with E-state index in [1.54, 1.807) is 0 Å². The summed E-state index contributed by atoms with van der Waals surface area (Å²) in [5, 5.41) is 0. The molecule has 98 valence electrons. The third-order valence-corrected chi connectivity index (χ3v) is 6.20. The zero-order valence-corrected chi connectivity index (χ0v) is 11.6. The monoisotopic (exact) mass is 255 g/mol. The molecule has 3 rings (SSSR count). The van der Waals surface area contributed by atoms with E-state index in [0.717, 1.165) is 12.6 Å². The first kappa shape index (κ1) is 12.3. The summed E-state index contributed by atoms with van der Waals surface area (Å²) in [6.45, 7) is 5.98. The quantitative estimate of drug-likeness (QED) is 0.798. The first-order chi connectivity index (χ1) is 8.34. The highest BCUT2D eigenvalue weighted by atomic mass is 32.2. The van der Waals surface area contributed by atoms with Crippen LogP contribution in [0, 0.1) is 0 Å². The van der Waals surface area contributed by atoms with Crippen LogP contribution in [0.15, 0.2) is 0 Å². The molecule has 0 aromatic heterocycles. The van der Waals surface area contributed by atoms with E-state index in [9.17, 15) is 0 Å². The number of nitrogens with zero attached hydrogens (tertiary/aromatic N) is 2. The van der Waals surface area contributed by atoms with Crippen LogP contribution in [0.4, 0.5) is 0 Å². The summed E-state index contributed by atoms with van der Waals surface area (Å²) < 4.78 is 0. The molecular weight excluding hydrogens is 230 g/mol. The number of piperidine rings is 1. The summed E-state index contributed by atoms with van der Waals surface area (Å²) in [6, 6.07) is 0.825. The lowest BCUT2D eigenvalue weighted by atomic mass is 9.92. The van der Waals surface area contributed by atoms with Gasteiger partial charge in [0.1, 0.15) is 0 Å². The van der Waals surface area contributed by atoms with Gasteiger partial charge in [-0.25, -0.2) is 0 Å². The average Bonchev–Trinajstić information content (AvgIpc) is 2.88. The molecule has 3 fully saturated rings. The van der Waals surface area contributed by atoms with Gasteiger partial charge >= 0.3 is 0 Å². The molecule has 3 aliphatic heterocycles. The van der Waals surface area contributed by atoms with Gasteiger partial charge in [0, 0.05) is 43.5 Å². The van der Waals surface area contributed by atoms with Gasteiger partial charge in [0.15, 0.2) is 0 Å². The third kappa shape index (κ3) is 2.25. The molecule has 0 aromatic rings. The number of thioether (sulfide) groups is 1. The minimum atomic E-state index is 0.341. The Hall–Kier alpha value is 0.230. The van der Waals surface area contributed by atoms with Gasteiger partial charge in [0.2, 0.25) is 0 Å². The summed E-state index contributed by atoms with van der Waals surface area (Å²) in [6.07, 6.45) is 5.55. The largest absolute Gasteiger partial charge is 0.329 e. The molecule has 0 saturated carbocycles. The van der Waals surface area contributed by atoms with Gasteiger partial charge in [-0.05, 0) is 31.6 Å². The standard InChI is InChI=1S/C13H25N3S/c14-10-13(4-8-17-11-13)16-7-6-15-5-2-1-3-12(15)9-16/h12H,1-11,14H2. The molecule has 0 bridgehead atoms. The SMILES string of the molecule is NCC1(N2CCN3CCCCC3C2)CCSC1. The summed E-state index contributed by atoms with van der Waals surface area (Å²) in [7, 11) is 0. The van der Waals surface area contributed by atoms with Gasteiger partial charge in [0.25, 0.3) is 0 Å². The van der Waals surface area contributed by atoms with E-state index in [4.69, 9.17) is 5.73 Å². The molecule has 0 amide bonds. The molecule has 3 saturated heterocycles. The van der Waals surface area contributed by atoms with Crippen LogP contribution in [0.5, 0.6) is 0 Å². The first-order valence-electron chi connectivity index (χ1n) is 7.11. The van der Waals surface area contributed by atoms with Crippen LogP contribution in [-0.2, 0) is 0 Å². The molecule has 0 aromatic carbocycles. The zero-order valence-electron chi connectivity index (χ0n) is 10.7. The minimum absolute atomic E-state index is 0.341. The molecule has 3 nitrogen and oxygen atoms in total. The van der Waals surface area contributed by atoms with Crippen LogP contribution in [0.3, 0.4) is 0 Å². The number of fused-ring (bicyclic) bond motifs is 1. The van der Waals surface area contributed by atoms with Gasteiger partial charge < -0.3 is 5.73 Å². The van der Waals surface area contributed by atoms with Gasteiger partial charge in [-0.15, -0.1) is 0 Å². The van der Waals surface area contributed by atoms with E-state index in [0.29, 0.717) is 5.54 Å². The van der Waals surface area contributed by atoms with E-state index in [1.807, 2.05) is 0 Å². The average molecular weight is 255 g/mol. The number of hydrogen-bond donors (Lipinski definition) is 1. The maximum atomic E-state index is 6.10. The predicted molar refractivity (Wildman–Crippen MR) is 74.5 cm³/mol. The highest BCUT2D eigenvalue weighted by molar-refractivity contribution is 7.99. The minimum Gasteiger partial charge on any atom is -0.329 e. The molecule has 0 radical (unpaired) electrons. The second-order valence-electron chi connectivity index (χ2n) is 5.86. The van der Waals surface area contributed by atoms with Crippen molar-refractivity contribution >= 4 is 11.8 Å². The summed E-state index contributed by atoms with van der Waals surface area (Å²) >= 11 is 2.09. The fourth-order valence-electron chi connectivity index (χ4n) is 3.72. The highest BCUT2D eigenvalue weighted by Crippen LogP contribution is 2.35. The van der Waals surface area contributed by atoms with Gasteiger partial charge in [0.05, 0.1) is 0 Å². The topological polar surface area (TPSA) is 32.5 Å². The molecular formula is C13H25N3S. The third-order valence-electron chi connectivity index (χ3n) is 4.97. The Kier molecular flexibility index (Phi) is 3.67. The maximum Gasteiger partial charge on any atom is 0.0430 e. The second kappa shape index (κ2) is 5.08. The zero-order chi connectivity index (χ0) is 11.7. The van der Waals surface area contributed by atoms with Crippen molar-refractivity contribution in [2.75, 3.05) is 44.2 Å². The Morgan fingerprint density at radius 3 is 2.94 bits per heavy atom. The Labute approximate surface area is 109 Å². The molecule has 3 aliphatic rings. The van der Waals surface area contributed by atoms with E-state index >= 15 is 0 Å². The van der Waals surface area contributed by atoms with Crippen molar-refractivity contribution in [3.8, 4) is 0 Å². The Bertz CT molecular complexity index is 265. The van der Waals surface area contributed by atoms with Gasteiger partial charge in [-0.2, -0.15) is 11.8 Å². The summed E-state index contributed by atoms with van der Waals surface area (Å²) in [5.41, 5.74) is 6.44. The molecule has 17 heavy (non-hydrogen) atoms. The van der Waals surface area contributed by atoms with Crippen LogP contribution in [-0.4, -0.2) is 65.6 Å². The molecule has 2 unspecified atom stereocenters. The Morgan fingerprint density at radius 2 is 2.18 bits per heavy atom. The second-order valence-corrected chi connectivity index (χ2v) is 6.97. The Morgan fingerprint density at radius 1 is 1.24 bits per heavy atom. The molecule has 2 N–H and O–H groups in total. The number of hydrogen-bond acceptors (Lipinski definition) is 4. The Balaban J connectivity index is 1.68. The van der Waals surface area contributed by atoms with Crippen LogP contribution in [0.1, 0.15) is 25.7 Å². The smallest absolute Gasteiger partial charge is 0.0430 e. The molecule has 3 heterocycles. The fourth-order valence-corrected chi connectivity index (χ4v) is 5.22. The normalized spacial score (nSPS) is 40.4. The highest BCUT2D eigenvalue weighted by Gasteiger charge is 2.42. The van der Waals surface area contributed by atoms with Gasteiger partial charge in [-0.1, -0.05) is 6.42 Å². The van der Waals surface area contributed by atoms with Crippen molar-refractivity contribution in [1.82, 2.24) is 9.80 Å². The van der Waals surface area contributed by atoms with E-state index in [1.165, 1.54) is 63.4 Å². The van der Waals surface area contributed by atoms with Crippen LogP contribution < -0.4 is 5.73 Å². The molecule has 4 heteroatoms. The van der Waals surface area contributed by atoms with Crippen molar-refractivity contribution in [1.29, 1.82) is 0 Å². The lowest BCUT2D eigenvalue weighted by molar-refractivity contribution is -0.00141. The summed E-state index contributed by atoms with van der Waals surface area (Å²) in [5.74, 6) is 2.57. The molecule has 0 spiro atoms. The summed E-state index contributed by atoms with van der Waals surface area (Å²) in [4.78, 5) is 5.45. The van der Waals surface area contributed by atoms with Crippen LogP contribution >= 0.6 is 11.8 Å². The number of nitrogens with two attached hydrogens (primary N) is 1. The number of rotatable bonds is 2. The van der Waals surface area contributed by atoms with E-state index < -0.39 is 0 Å². The van der Waals surface area contributed by atoms with Crippen LogP contribution in [0.2, 0.25) is 0 Å². The lowest BCUT2D eigenvalue weighted by Crippen LogP contribution is -2.64. The first-order valence-corrected chi connectivity index (χ1v) is 8.26. The maximum absolute atomic E-state index is 6.10. The van der Waals surface area contributed by atoms with E-state index in [-0.39, 0.29) is 0 Å². The van der Waals surface area contributed by atoms with Crippen LogP contribution in [0.25, 0.3) is 0 Å².